The van der Waals surface area contributed by atoms with Crippen LogP contribution in [-0.4, -0.2) is 28.5 Å². The molecule has 1 aromatic heterocycles. The van der Waals surface area contributed by atoms with Gasteiger partial charge >= 0.3 is 0 Å². The van der Waals surface area contributed by atoms with E-state index in [1.54, 1.807) is 6.07 Å². The van der Waals surface area contributed by atoms with E-state index in [0.29, 0.717) is 29.9 Å². The van der Waals surface area contributed by atoms with Crippen LogP contribution in [0.3, 0.4) is 0 Å². The highest BCUT2D eigenvalue weighted by molar-refractivity contribution is 6.29. The molecule has 1 unspecified atom stereocenters. The Labute approximate surface area is 124 Å². The van der Waals surface area contributed by atoms with E-state index in [2.05, 4.69) is 20.6 Å². The molecule has 0 aromatic carbocycles. The van der Waals surface area contributed by atoms with Gasteiger partial charge < -0.3 is 10.6 Å². The van der Waals surface area contributed by atoms with Gasteiger partial charge in [0.05, 0.1) is 0 Å². The first-order valence-corrected chi connectivity index (χ1v) is 7.54. The second-order valence-electron chi connectivity index (χ2n) is 5.26. The van der Waals surface area contributed by atoms with Crippen LogP contribution in [0, 0.1) is 0 Å². The van der Waals surface area contributed by atoms with Gasteiger partial charge in [0.2, 0.25) is 5.91 Å². The van der Waals surface area contributed by atoms with Crippen LogP contribution in [0.1, 0.15) is 51.3 Å². The molecule has 1 atom stereocenters. The van der Waals surface area contributed by atoms with E-state index in [4.69, 9.17) is 11.6 Å². The average molecular weight is 297 g/mol. The summed E-state index contributed by atoms with van der Waals surface area (Å²) >= 11 is 5.98. The summed E-state index contributed by atoms with van der Waals surface area (Å²) in [4.78, 5) is 20.3. The predicted molar refractivity (Wildman–Crippen MR) is 80.0 cm³/mol. The van der Waals surface area contributed by atoms with Gasteiger partial charge in [-0.05, 0) is 26.2 Å². The third-order valence-electron chi connectivity index (χ3n) is 3.33. The summed E-state index contributed by atoms with van der Waals surface area (Å²) in [6, 6.07) is 1.91. The SMILES string of the molecule is CCC(C)NC(=O)CCNc1cc(Cl)nc(C2CC2)n1. The first kappa shape index (κ1) is 15.0. The van der Waals surface area contributed by atoms with Crippen molar-refractivity contribution < 1.29 is 4.79 Å². The van der Waals surface area contributed by atoms with Gasteiger partial charge in [-0.2, -0.15) is 0 Å². The molecule has 0 bridgehead atoms. The number of nitrogens with zero attached hydrogens (tertiary/aromatic N) is 2. The number of hydrogen-bond donors (Lipinski definition) is 2. The van der Waals surface area contributed by atoms with E-state index in [9.17, 15) is 4.79 Å². The number of carbonyl (C=O) groups excluding carboxylic acids is 1. The van der Waals surface area contributed by atoms with Crippen molar-refractivity contribution in [3.8, 4) is 0 Å². The molecular weight excluding hydrogens is 276 g/mol. The van der Waals surface area contributed by atoms with Crippen LogP contribution < -0.4 is 10.6 Å². The van der Waals surface area contributed by atoms with Gasteiger partial charge in [0.1, 0.15) is 16.8 Å². The minimum absolute atomic E-state index is 0.0504. The van der Waals surface area contributed by atoms with Crippen LogP contribution in [0.15, 0.2) is 6.07 Å². The molecule has 1 aliphatic carbocycles. The molecule has 1 aliphatic rings. The molecule has 0 spiro atoms. The molecule has 1 amide bonds. The second kappa shape index (κ2) is 6.88. The normalized spacial score (nSPS) is 15.8. The third-order valence-corrected chi connectivity index (χ3v) is 3.53. The Morgan fingerprint density at radius 3 is 2.90 bits per heavy atom. The van der Waals surface area contributed by atoms with Crippen LogP contribution in [0.4, 0.5) is 5.82 Å². The first-order valence-electron chi connectivity index (χ1n) is 7.16. The molecule has 1 saturated carbocycles. The van der Waals surface area contributed by atoms with Crippen LogP contribution in [0.5, 0.6) is 0 Å². The van der Waals surface area contributed by atoms with Gasteiger partial charge in [-0.25, -0.2) is 9.97 Å². The second-order valence-corrected chi connectivity index (χ2v) is 5.65. The van der Waals surface area contributed by atoms with E-state index >= 15 is 0 Å². The van der Waals surface area contributed by atoms with Crippen molar-refractivity contribution in [3.63, 3.8) is 0 Å². The molecule has 0 radical (unpaired) electrons. The number of rotatable bonds is 7. The van der Waals surface area contributed by atoms with E-state index in [0.717, 1.165) is 25.1 Å². The lowest BCUT2D eigenvalue weighted by Gasteiger charge is -2.12. The van der Waals surface area contributed by atoms with Crippen molar-refractivity contribution >= 4 is 23.3 Å². The molecule has 2 rings (SSSR count). The van der Waals surface area contributed by atoms with Crippen molar-refractivity contribution in [2.24, 2.45) is 0 Å². The molecule has 0 aliphatic heterocycles. The fraction of sp³-hybridized carbons (Fsp3) is 0.643. The Balaban J connectivity index is 1.80. The predicted octanol–water partition coefficient (Wildman–Crippen LogP) is 2.72. The molecule has 1 fully saturated rings. The zero-order valence-corrected chi connectivity index (χ0v) is 12.7. The Hall–Kier alpha value is -1.36. The Bertz CT molecular complexity index is 476. The summed E-state index contributed by atoms with van der Waals surface area (Å²) in [6.45, 7) is 4.59. The summed E-state index contributed by atoms with van der Waals surface area (Å²) < 4.78 is 0. The Kier molecular flexibility index (Phi) is 5.17. The number of nitrogens with one attached hydrogen (secondary N) is 2. The van der Waals surface area contributed by atoms with E-state index in [1.165, 1.54) is 0 Å². The van der Waals surface area contributed by atoms with Gasteiger partial charge in [0.25, 0.3) is 0 Å². The summed E-state index contributed by atoms with van der Waals surface area (Å²) in [6.07, 6.45) is 3.63. The van der Waals surface area contributed by atoms with Crippen molar-refractivity contribution in [3.05, 3.63) is 17.0 Å². The zero-order valence-electron chi connectivity index (χ0n) is 11.9. The number of hydrogen-bond acceptors (Lipinski definition) is 4. The van der Waals surface area contributed by atoms with E-state index in [-0.39, 0.29) is 11.9 Å². The third kappa shape index (κ3) is 4.63. The van der Waals surface area contributed by atoms with Gasteiger partial charge in [0.15, 0.2) is 0 Å². The Morgan fingerprint density at radius 1 is 1.50 bits per heavy atom. The lowest BCUT2D eigenvalue weighted by atomic mass is 10.2. The topological polar surface area (TPSA) is 66.9 Å². The highest BCUT2D eigenvalue weighted by Crippen LogP contribution is 2.38. The highest BCUT2D eigenvalue weighted by atomic mass is 35.5. The summed E-state index contributed by atoms with van der Waals surface area (Å²) in [7, 11) is 0. The molecular formula is C14H21ClN4O. The lowest BCUT2D eigenvalue weighted by molar-refractivity contribution is -0.121. The largest absolute Gasteiger partial charge is 0.369 e. The smallest absolute Gasteiger partial charge is 0.221 e. The van der Waals surface area contributed by atoms with Crippen LogP contribution in [0.25, 0.3) is 0 Å². The number of halogens is 1. The maximum Gasteiger partial charge on any atom is 0.221 e. The zero-order chi connectivity index (χ0) is 14.5. The van der Waals surface area contributed by atoms with Crippen LogP contribution in [-0.2, 0) is 4.79 Å². The quantitative estimate of drug-likeness (QED) is 0.759. The van der Waals surface area contributed by atoms with Crippen molar-refractivity contribution in [1.29, 1.82) is 0 Å². The number of carbonyl (C=O) groups is 1. The maximum absolute atomic E-state index is 11.6. The highest BCUT2D eigenvalue weighted by Gasteiger charge is 2.27. The number of amides is 1. The van der Waals surface area contributed by atoms with Crippen molar-refractivity contribution in [2.45, 2.75) is 51.5 Å². The van der Waals surface area contributed by atoms with Crippen molar-refractivity contribution in [1.82, 2.24) is 15.3 Å². The molecule has 0 saturated heterocycles. The molecule has 1 heterocycles. The van der Waals surface area contributed by atoms with Crippen LogP contribution in [0.2, 0.25) is 5.15 Å². The van der Waals surface area contributed by atoms with E-state index < -0.39 is 0 Å². The molecule has 20 heavy (non-hydrogen) atoms. The molecule has 110 valence electrons. The van der Waals surface area contributed by atoms with Gasteiger partial charge in [0, 0.05) is 31.0 Å². The van der Waals surface area contributed by atoms with E-state index in [1.807, 2.05) is 13.8 Å². The van der Waals surface area contributed by atoms with Gasteiger partial charge in [-0.1, -0.05) is 18.5 Å². The fourth-order valence-electron chi connectivity index (χ4n) is 1.80. The van der Waals surface area contributed by atoms with Gasteiger partial charge in [-0.3, -0.25) is 4.79 Å². The summed E-state index contributed by atoms with van der Waals surface area (Å²) in [5.74, 6) is 2.02. The van der Waals surface area contributed by atoms with Crippen LogP contribution >= 0.6 is 11.6 Å². The fourth-order valence-corrected chi connectivity index (χ4v) is 1.99. The molecule has 1 aromatic rings. The number of aromatic nitrogens is 2. The van der Waals surface area contributed by atoms with Crippen molar-refractivity contribution in [2.75, 3.05) is 11.9 Å². The number of anilines is 1. The standard InChI is InChI=1S/C14H21ClN4O/c1-3-9(2)17-13(20)6-7-16-12-8-11(15)18-14(19-12)10-4-5-10/h8-10H,3-7H2,1-2H3,(H,17,20)(H,16,18,19). The van der Waals surface area contributed by atoms with Gasteiger partial charge in [-0.15, -0.1) is 0 Å². The first-order chi connectivity index (χ1) is 9.58. The molecule has 5 nitrogen and oxygen atoms in total. The lowest BCUT2D eigenvalue weighted by Crippen LogP contribution is -2.33. The molecule has 6 heteroatoms. The minimum atomic E-state index is 0.0504. The summed E-state index contributed by atoms with van der Waals surface area (Å²) in [5, 5.41) is 6.52. The molecule has 2 N–H and O–H groups in total. The Morgan fingerprint density at radius 2 is 2.25 bits per heavy atom. The monoisotopic (exact) mass is 296 g/mol. The maximum atomic E-state index is 11.6. The summed E-state index contributed by atoms with van der Waals surface area (Å²) in [5.41, 5.74) is 0. The average Bonchev–Trinajstić information content (AvgIpc) is 3.22. The minimum Gasteiger partial charge on any atom is -0.369 e.